The molecule has 1 fully saturated rings. The monoisotopic (exact) mass is 298 g/mol. The number of carbonyl (C=O) groups excluding carboxylic acids is 1. The number of nitrogens with zero attached hydrogens (tertiary/aromatic N) is 1. The standard InChI is InChI=1S/C18H22N2O2/c1-2-11-22-17-10-6-3-7-14(17)12-15(13-19)18(21)20-16-8-4-5-9-16/h3,6-7,10,12,16H,2,4-5,8-9,11H2,1H3,(H,20,21). The number of nitriles is 1. The number of rotatable bonds is 6. The van der Waals surface area contributed by atoms with Crippen molar-refractivity contribution in [1.29, 1.82) is 5.26 Å². The van der Waals surface area contributed by atoms with E-state index in [9.17, 15) is 10.1 Å². The van der Waals surface area contributed by atoms with Crippen molar-refractivity contribution in [3.63, 3.8) is 0 Å². The summed E-state index contributed by atoms with van der Waals surface area (Å²) in [4.78, 5) is 12.2. The summed E-state index contributed by atoms with van der Waals surface area (Å²) in [7, 11) is 0. The van der Waals surface area contributed by atoms with E-state index >= 15 is 0 Å². The smallest absolute Gasteiger partial charge is 0.262 e. The van der Waals surface area contributed by atoms with Crippen LogP contribution in [0.1, 0.15) is 44.6 Å². The number of benzene rings is 1. The Bertz CT molecular complexity index is 581. The number of nitrogens with one attached hydrogen (secondary N) is 1. The van der Waals surface area contributed by atoms with Crippen molar-refractivity contribution in [2.45, 2.75) is 45.1 Å². The van der Waals surface area contributed by atoms with Gasteiger partial charge in [0.1, 0.15) is 17.4 Å². The van der Waals surface area contributed by atoms with Crippen molar-refractivity contribution in [1.82, 2.24) is 5.32 Å². The Hall–Kier alpha value is -2.28. The third kappa shape index (κ3) is 4.36. The summed E-state index contributed by atoms with van der Waals surface area (Å²) in [5.74, 6) is 0.408. The number of amides is 1. The highest BCUT2D eigenvalue weighted by Gasteiger charge is 2.19. The van der Waals surface area contributed by atoms with Crippen LogP contribution in [0.25, 0.3) is 6.08 Å². The summed E-state index contributed by atoms with van der Waals surface area (Å²) < 4.78 is 5.66. The van der Waals surface area contributed by atoms with Crippen LogP contribution in [-0.2, 0) is 4.79 Å². The largest absolute Gasteiger partial charge is 0.493 e. The van der Waals surface area contributed by atoms with Crippen LogP contribution in [0.3, 0.4) is 0 Å². The number of para-hydroxylation sites is 1. The molecule has 4 nitrogen and oxygen atoms in total. The molecule has 0 atom stereocenters. The van der Waals surface area contributed by atoms with E-state index in [1.54, 1.807) is 6.08 Å². The predicted octanol–water partition coefficient (Wildman–Crippen LogP) is 3.44. The van der Waals surface area contributed by atoms with Gasteiger partial charge in [0, 0.05) is 11.6 Å². The van der Waals surface area contributed by atoms with Gasteiger partial charge in [-0.15, -0.1) is 0 Å². The first kappa shape index (κ1) is 16.1. The molecule has 1 saturated carbocycles. The highest BCUT2D eigenvalue weighted by Crippen LogP contribution is 2.22. The molecule has 1 aromatic carbocycles. The zero-order valence-electron chi connectivity index (χ0n) is 13.0. The van der Waals surface area contributed by atoms with Crippen LogP contribution in [0.5, 0.6) is 5.75 Å². The molecule has 0 aliphatic heterocycles. The minimum absolute atomic E-state index is 0.124. The lowest BCUT2D eigenvalue weighted by molar-refractivity contribution is -0.117. The SMILES string of the molecule is CCCOc1ccccc1C=C(C#N)C(=O)NC1CCCC1. The normalized spacial score (nSPS) is 15.4. The lowest BCUT2D eigenvalue weighted by Gasteiger charge is -2.12. The lowest BCUT2D eigenvalue weighted by atomic mass is 10.1. The maximum Gasteiger partial charge on any atom is 0.262 e. The van der Waals surface area contributed by atoms with Gasteiger partial charge in [0.25, 0.3) is 5.91 Å². The number of hydrogen-bond donors (Lipinski definition) is 1. The summed E-state index contributed by atoms with van der Waals surface area (Å²) >= 11 is 0. The second kappa shape index (κ2) is 8.23. The van der Waals surface area contributed by atoms with Crippen LogP contribution < -0.4 is 10.1 Å². The molecule has 0 radical (unpaired) electrons. The van der Waals surface area contributed by atoms with E-state index in [1.165, 1.54) is 0 Å². The second-order valence-electron chi connectivity index (χ2n) is 5.51. The fourth-order valence-electron chi connectivity index (χ4n) is 2.58. The van der Waals surface area contributed by atoms with Crippen LogP contribution >= 0.6 is 0 Å². The maximum absolute atomic E-state index is 12.2. The van der Waals surface area contributed by atoms with Gasteiger partial charge in [0.15, 0.2) is 0 Å². The van der Waals surface area contributed by atoms with Crippen molar-refractivity contribution >= 4 is 12.0 Å². The van der Waals surface area contributed by atoms with Crippen molar-refractivity contribution in [3.05, 3.63) is 35.4 Å². The van der Waals surface area contributed by atoms with Gasteiger partial charge < -0.3 is 10.1 Å². The fourth-order valence-corrected chi connectivity index (χ4v) is 2.58. The zero-order chi connectivity index (χ0) is 15.8. The molecule has 22 heavy (non-hydrogen) atoms. The highest BCUT2D eigenvalue weighted by atomic mass is 16.5. The van der Waals surface area contributed by atoms with Gasteiger partial charge in [0.2, 0.25) is 0 Å². The molecule has 4 heteroatoms. The van der Waals surface area contributed by atoms with Crippen LogP contribution in [-0.4, -0.2) is 18.6 Å². The molecule has 1 aliphatic rings. The number of carbonyl (C=O) groups is 1. The molecule has 0 saturated heterocycles. The first-order chi connectivity index (χ1) is 10.7. The Balaban J connectivity index is 2.14. The maximum atomic E-state index is 12.2. The molecule has 0 aromatic heterocycles. The summed E-state index contributed by atoms with van der Waals surface area (Å²) in [5, 5.41) is 12.2. The third-order valence-corrected chi connectivity index (χ3v) is 3.74. The van der Waals surface area contributed by atoms with Gasteiger partial charge in [-0.1, -0.05) is 38.0 Å². The average molecular weight is 298 g/mol. The first-order valence-electron chi connectivity index (χ1n) is 7.89. The van der Waals surface area contributed by atoms with Crippen molar-refractivity contribution in [2.24, 2.45) is 0 Å². The van der Waals surface area contributed by atoms with Gasteiger partial charge >= 0.3 is 0 Å². The number of ether oxygens (including phenoxy) is 1. The van der Waals surface area contributed by atoms with Crippen molar-refractivity contribution < 1.29 is 9.53 Å². The van der Waals surface area contributed by atoms with E-state index < -0.39 is 0 Å². The molecule has 0 heterocycles. The Morgan fingerprint density at radius 2 is 2.14 bits per heavy atom. The Labute approximate surface area is 131 Å². The highest BCUT2D eigenvalue weighted by molar-refractivity contribution is 6.02. The van der Waals surface area contributed by atoms with Crippen LogP contribution in [0.15, 0.2) is 29.8 Å². The molecule has 116 valence electrons. The molecule has 0 unspecified atom stereocenters. The predicted molar refractivity (Wildman–Crippen MR) is 86.2 cm³/mol. The zero-order valence-corrected chi connectivity index (χ0v) is 13.0. The Morgan fingerprint density at radius 3 is 2.82 bits per heavy atom. The number of hydrogen-bond acceptors (Lipinski definition) is 3. The first-order valence-corrected chi connectivity index (χ1v) is 7.89. The van der Waals surface area contributed by atoms with E-state index in [0.717, 1.165) is 37.7 Å². The lowest BCUT2D eigenvalue weighted by Crippen LogP contribution is -2.33. The topological polar surface area (TPSA) is 62.1 Å². The summed E-state index contributed by atoms with van der Waals surface area (Å²) in [6, 6.07) is 9.66. The summed E-state index contributed by atoms with van der Waals surface area (Å²) in [5.41, 5.74) is 0.883. The van der Waals surface area contributed by atoms with Gasteiger partial charge in [-0.3, -0.25) is 4.79 Å². The van der Waals surface area contributed by atoms with E-state index in [2.05, 4.69) is 5.32 Å². The molecule has 2 rings (SSSR count). The van der Waals surface area contributed by atoms with Crippen LogP contribution in [0.4, 0.5) is 0 Å². The average Bonchev–Trinajstić information content (AvgIpc) is 3.04. The fraction of sp³-hybridized carbons (Fsp3) is 0.444. The van der Waals surface area contributed by atoms with E-state index in [0.29, 0.717) is 12.4 Å². The molecular formula is C18H22N2O2. The molecule has 1 aromatic rings. The quantitative estimate of drug-likeness (QED) is 0.646. The summed E-state index contributed by atoms with van der Waals surface area (Å²) in [6.07, 6.45) is 6.80. The molecule has 0 bridgehead atoms. The molecule has 1 N–H and O–H groups in total. The van der Waals surface area contributed by atoms with Crippen molar-refractivity contribution in [3.8, 4) is 11.8 Å². The minimum Gasteiger partial charge on any atom is -0.493 e. The molecule has 1 amide bonds. The minimum atomic E-state index is -0.292. The Kier molecular flexibility index (Phi) is 6.02. The van der Waals surface area contributed by atoms with E-state index in [4.69, 9.17) is 4.74 Å². The second-order valence-corrected chi connectivity index (χ2v) is 5.51. The Morgan fingerprint density at radius 1 is 1.41 bits per heavy atom. The van der Waals surface area contributed by atoms with Gasteiger partial charge in [-0.2, -0.15) is 5.26 Å². The third-order valence-electron chi connectivity index (χ3n) is 3.74. The van der Waals surface area contributed by atoms with Gasteiger partial charge in [-0.25, -0.2) is 0 Å². The van der Waals surface area contributed by atoms with Crippen molar-refractivity contribution in [2.75, 3.05) is 6.61 Å². The summed E-state index contributed by atoms with van der Waals surface area (Å²) in [6.45, 7) is 2.65. The molecule has 1 aliphatic carbocycles. The molecule has 0 spiro atoms. The molecular weight excluding hydrogens is 276 g/mol. The van der Waals surface area contributed by atoms with Gasteiger partial charge in [0.05, 0.1) is 6.61 Å². The van der Waals surface area contributed by atoms with Crippen LogP contribution in [0.2, 0.25) is 0 Å². The van der Waals surface area contributed by atoms with E-state index in [-0.39, 0.29) is 17.5 Å². The van der Waals surface area contributed by atoms with Gasteiger partial charge in [-0.05, 0) is 31.4 Å². The van der Waals surface area contributed by atoms with E-state index in [1.807, 2.05) is 37.3 Å². The van der Waals surface area contributed by atoms with Crippen LogP contribution in [0, 0.1) is 11.3 Å².